The maximum Gasteiger partial charge on any atom is 0.0646 e. The fourth-order valence-corrected chi connectivity index (χ4v) is 2.71. The largest absolute Gasteiger partial charge is 0.378 e. The summed E-state index contributed by atoms with van der Waals surface area (Å²) in [5.41, 5.74) is 3.48. The predicted octanol–water partition coefficient (Wildman–Crippen LogP) is 4.05. The number of aryl methyl sites for hydroxylation is 2. The maximum absolute atomic E-state index is 4.41. The van der Waals surface area contributed by atoms with E-state index in [0.717, 1.165) is 5.69 Å². The highest BCUT2D eigenvalue weighted by Crippen LogP contribution is 2.27. The Morgan fingerprint density at radius 3 is 2.60 bits per heavy atom. The number of nitrogens with one attached hydrogen (secondary N) is 1. The molecule has 1 N–H and O–H groups in total. The molecule has 20 heavy (non-hydrogen) atoms. The highest BCUT2D eigenvalue weighted by atomic mass is 15.3. The van der Waals surface area contributed by atoms with Crippen LogP contribution in [-0.2, 0) is 7.05 Å². The Morgan fingerprint density at radius 2 is 1.85 bits per heavy atom. The first-order chi connectivity index (χ1) is 9.65. The molecule has 3 rings (SSSR count). The molecule has 0 radical (unpaired) electrons. The molecule has 3 heteroatoms. The minimum atomic E-state index is 0.231. The normalized spacial score (nSPS) is 12.6. The summed E-state index contributed by atoms with van der Waals surface area (Å²) < 4.78 is 1.87. The van der Waals surface area contributed by atoms with E-state index in [1.807, 2.05) is 11.7 Å². The van der Waals surface area contributed by atoms with Crippen LogP contribution >= 0.6 is 0 Å². The van der Waals surface area contributed by atoms with E-state index in [1.54, 1.807) is 0 Å². The van der Waals surface area contributed by atoms with Crippen LogP contribution in [-0.4, -0.2) is 9.78 Å². The average Bonchev–Trinajstić information content (AvgIpc) is 2.78. The van der Waals surface area contributed by atoms with Crippen molar-refractivity contribution in [2.75, 3.05) is 5.32 Å². The molecule has 0 aliphatic rings. The lowest BCUT2D eigenvalue weighted by Crippen LogP contribution is -2.07. The number of fused-ring (bicyclic) bond motifs is 1. The monoisotopic (exact) mass is 265 g/mol. The highest BCUT2D eigenvalue weighted by molar-refractivity contribution is 5.93. The van der Waals surface area contributed by atoms with Crippen molar-refractivity contribution in [3.63, 3.8) is 0 Å². The summed E-state index contributed by atoms with van der Waals surface area (Å²) >= 11 is 0. The molecule has 0 fully saturated rings. The van der Waals surface area contributed by atoms with Crippen LogP contribution in [0.15, 0.2) is 48.7 Å². The first-order valence-electron chi connectivity index (χ1n) is 6.89. The third-order valence-corrected chi connectivity index (χ3v) is 3.68. The lowest BCUT2D eigenvalue weighted by molar-refractivity contribution is 0.756. The van der Waals surface area contributed by atoms with E-state index in [4.69, 9.17) is 0 Å². The van der Waals surface area contributed by atoms with Crippen molar-refractivity contribution in [1.82, 2.24) is 9.78 Å². The topological polar surface area (TPSA) is 29.9 Å². The second-order valence-electron chi connectivity index (χ2n) is 5.24. The minimum absolute atomic E-state index is 0.231. The molecule has 0 spiro atoms. The molecule has 0 bridgehead atoms. The summed E-state index contributed by atoms with van der Waals surface area (Å²) in [7, 11) is 1.96. The fourth-order valence-electron chi connectivity index (χ4n) is 2.71. The summed E-state index contributed by atoms with van der Waals surface area (Å²) in [6.45, 7) is 4.22. The Bertz CT molecular complexity index is 738. The summed E-state index contributed by atoms with van der Waals surface area (Å²) in [5.74, 6) is 0. The third kappa shape index (κ3) is 2.27. The van der Waals surface area contributed by atoms with Gasteiger partial charge in [-0.1, -0.05) is 36.4 Å². The van der Waals surface area contributed by atoms with Crippen molar-refractivity contribution >= 4 is 16.5 Å². The zero-order chi connectivity index (χ0) is 14.1. The Balaban J connectivity index is 1.95. The van der Waals surface area contributed by atoms with Gasteiger partial charge in [-0.3, -0.25) is 4.68 Å². The van der Waals surface area contributed by atoms with Crippen LogP contribution in [0.1, 0.15) is 24.2 Å². The first-order valence-corrected chi connectivity index (χ1v) is 6.89. The standard InChI is InChI=1S/C17H19N3/c1-12(16-11-20(3)19-13(16)2)18-17-10-6-8-14-7-4-5-9-15(14)17/h4-12,18H,1-3H3. The summed E-state index contributed by atoms with van der Waals surface area (Å²) in [6, 6.07) is 15.0. The van der Waals surface area contributed by atoms with Crippen LogP contribution in [0.4, 0.5) is 5.69 Å². The van der Waals surface area contributed by atoms with Gasteiger partial charge in [0, 0.05) is 29.9 Å². The van der Waals surface area contributed by atoms with Crippen LogP contribution in [0.2, 0.25) is 0 Å². The van der Waals surface area contributed by atoms with Crippen LogP contribution in [0, 0.1) is 6.92 Å². The lowest BCUT2D eigenvalue weighted by Gasteiger charge is -2.16. The zero-order valence-corrected chi connectivity index (χ0v) is 12.1. The van der Waals surface area contributed by atoms with Gasteiger partial charge in [0.1, 0.15) is 0 Å². The Labute approximate surface area is 119 Å². The molecule has 102 valence electrons. The van der Waals surface area contributed by atoms with Crippen molar-refractivity contribution in [3.8, 4) is 0 Å². The van der Waals surface area contributed by atoms with Gasteiger partial charge < -0.3 is 5.32 Å². The van der Waals surface area contributed by atoms with E-state index >= 15 is 0 Å². The van der Waals surface area contributed by atoms with Crippen LogP contribution < -0.4 is 5.32 Å². The molecule has 1 atom stereocenters. The number of rotatable bonds is 3. The van der Waals surface area contributed by atoms with Crippen LogP contribution in [0.5, 0.6) is 0 Å². The average molecular weight is 265 g/mol. The molecule has 0 saturated carbocycles. The zero-order valence-electron chi connectivity index (χ0n) is 12.1. The smallest absolute Gasteiger partial charge is 0.0646 e. The van der Waals surface area contributed by atoms with Gasteiger partial charge in [-0.2, -0.15) is 5.10 Å². The molecule has 1 unspecified atom stereocenters. The molecule has 0 aliphatic heterocycles. The van der Waals surface area contributed by atoms with Gasteiger partial charge in [-0.25, -0.2) is 0 Å². The lowest BCUT2D eigenvalue weighted by atomic mass is 10.1. The van der Waals surface area contributed by atoms with Gasteiger partial charge in [0.25, 0.3) is 0 Å². The molecular formula is C17H19N3. The number of hydrogen-bond donors (Lipinski definition) is 1. The van der Waals surface area contributed by atoms with Crippen molar-refractivity contribution in [2.24, 2.45) is 7.05 Å². The van der Waals surface area contributed by atoms with E-state index < -0.39 is 0 Å². The number of hydrogen-bond acceptors (Lipinski definition) is 2. The summed E-state index contributed by atoms with van der Waals surface area (Å²) in [6.07, 6.45) is 2.08. The number of anilines is 1. The number of benzene rings is 2. The van der Waals surface area contributed by atoms with Gasteiger partial charge in [0.05, 0.1) is 11.7 Å². The van der Waals surface area contributed by atoms with Gasteiger partial charge >= 0.3 is 0 Å². The molecule has 0 aliphatic carbocycles. The van der Waals surface area contributed by atoms with E-state index in [-0.39, 0.29) is 6.04 Å². The Kier molecular flexibility index (Phi) is 3.18. The quantitative estimate of drug-likeness (QED) is 0.774. The minimum Gasteiger partial charge on any atom is -0.378 e. The third-order valence-electron chi connectivity index (χ3n) is 3.68. The molecule has 0 saturated heterocycles. The van der Waals surface area contributed by atoms with E-state index in [0.29, 0.717) is 0 Å². The Hall–Kier alpha value is -2.29. The van der Waals surface area contributed by atoms with Crippen molar-refractivity contribution in [3.05, 3.63) is 59.9 Å². The molecule has 2 aromatic carbocycles. The van der Waals surface area contributed by atoms with Crippen molar-refractivity contribution in [1.29, 1.82) is 0 Å². The molecule has 1 heterocycles. The van der Waals surface area contributed by atoms with Crippen LogP contribution in [0.3, 0.4) is 0 Å². The second-order valence-corrected chi connectivity index (χ2v) is 5.24. The molecule has 3 nitrogen and oxygen atoms in total. The van der Waals surface area contributed by atoms with Gasteiger partial charge in [-0.05, 0) is 25.3 Å². The van der Waals surface area contributed by atoms with Gasteiger partial charge in [0.2, 0.25) is 0 Å². The number of aromatic nitrogens is 2. The highest BCUT2D eigenvalue weighted by Gasteiger charge is 2.12. The maximum atomic E-state index is 4.41. The Morgan fingerprint density at radius 1 is 1.10 bits per heavy atom. The van der Waals surface area contributed by atoms with E-state index in [1.165, 1.54) is 22.0 Å². The van der Waals surface area contributed by atoms with Crippen LogP contribution in [0.25, 0.3) is 10.8 Å². The van der Waals surface area contributed by atoms with Crippen molar-refractivity contribution < 1.29 is 0 Å². The summed E-state index contributed by atoms with van der Waals surface area (Å²) in [5, 5.41) is 10.5. The first kappa shape index (κ1) is 12.7. The fraction of sp³-hybridized carbons (Fsp3) is 0.235. The van der Waals surface area contributed by atoms with E-state index in [9.17, 15) is 0 Å². The molecule has 0 amide bonds. The summed E-state index contributed by atoms with van der Waals surface area (Å²) in [4.78, 5) is 0. The van der Waals surface area contributed by atoms with E-state index in [2.05, 4.69) is 72.9 Å². The molecule has 3 aromatic rings. The molecule has 1 aromatic heterocycles. The second kappa shape index (κ2) is 5.00. The van der Waals surface area contributed by atoms with Gasteiger partial charge in [-0.15, -0.1) is 0 Å². The van der Waals surface area contributed by atoms with Gasteiger partial charge in [0.15, 0.2) is 0 Å². The predicted molar refractivity (Wildman–Crippen MR) is 83.9 cm³/mol. The molecular weight excluding hydrogens is 246 g/mol. The SMILES string of the molecule is Cc1nn(C)cc1C(C)Nc1cccc2ccccc12. The number of nitrogens with zero attached hydrogens (tertiary/aromatic N) is 2. The van der Waals surface area contributed by atoms with Crippen molar-refractivity contribution in [2.45, 2.75) is 19.9 Å².